The van der Waals surface area contributed by atoms with E-state index in [1.807, 2.05) is 6.92 Å². The van der Waals surface area contributed by atoms with Crippen LogP contribution in [0.2, 0.25) is 0 Å². The Morgan fingerprint density at radius 3 is 1.37 bits per heavy atom. The first-order valence-corrected chi connectivity index (χ1v) is 27.5. The van der Waals surface area contributed by atoms with Gasteiger partial charge >= 0.3 is 0 Å². The van der Waals surface area contributed by atoms with E-state index in [9.17, 15) is 51.1 Å². The van der Waals surface area contributed by atoms with Crippen LogP contribution in [-0.4, -0.2) is 285 Å². The van der Waals surface area contributed by atoms with Crippen LogP contribution in [0.5, 0.6) is 0 Å². The van der Waals surface area contributed by atoms with Gasteiger partial charge in [-0.3, -0.25) is 0 Å². The zero-order chi connectivity index (χ0) is 52.2. The van der Waals surface area contributed by atoms with Gasteiger partial charge in [0.05, 0.1) is 61.0 Å². The van der Waals surface area contributed by atoms with Gasteiger partial charge in [-0.15, -0.1) is 0 Å². The minimum absolute atomic E-state index is 0.166. The van der Waals surface area contributed by atoms with Gasteiger partial charge in [-0.1, -0.05) is 6.92 Å². The average Bonchev–Trinajstić information content (AvgIpc) is 3.38. The highest BCUT2D eigenvalue weighted by Gasteiger charge is 2.55. The molecule has 0 aromatic carbocycles. The fourth-order valence-electron chi connectivity index (χ4n) is 12.9. The van der Waals surface area contributed by atoms with Crippen molar-refractivity contribution in [1.82, 2.24) is 42.5 Å². The number of nitrogens with two attached hydrogens (primary N) is 1. The predicted octanol–water partition coefficient (Wildman–Crippen LogP) is -7.94. The van der Waals surface area contributed by atoms with Gasteiger partial charge in [0.2, 0.25) is 0 Å². The summed E-state index contributed by atoms with van der Waals surface area (Å²) in [5.41, 5.74) is 5.61. The summed E-state index contributed by atoms with van der Waals surface area (Å²) < 4.78 is 32.1. The summed E-state index contributed by atoms with van der Waals surface area (Å²) in [6, 6.07) is 0. The Bertz CT molecular complexity index is 1580. The van der Waals surface area contributed by atoms with Crippen molar-refractivity contribution < 1.29 is 74.7 Å². The molecule has 0 radical (unpaired) electrons. The molecule has 20 N–H and O–H groups in total. The van der Waals surface area contributed by atoms with Crippen molar-refractivity contribution in [2.24, 2.45) is 41.2 Å². The number of aliphatic hydroxyl groups is 10. The summed E-state index contributed by atoms with van der Waals surface area (Å²) in [5.74, 6) is -2.00. The molecular formula is C49H95N9O15. The molecule has 5 unspecified atom stereocenters. The van der Waals surface area contributed by atoms with Crippen LogP contribution in [0, 0.1) is 35.5 Å². The third kappa shape index (κ3) is 15.2. The Balaban J connectivity index is 1.05. The zero-order valence-electron chi connectivity index (χ0n) is 43.1. The largest absolute Gasteiger partial charge is 0.390 e. The Labute approximate surface area is 430 Å². The minimum Gasteiger partial charge on any atom is -0.390 e. The lowest BCUT2D eigenvalue weighted by Crippen LogP contribution is -2.65. The molecule has 0 aromatic heterocycles. The minimum atomic E-state index is -1.53. The van der Waals surface area contributed by atoms with E-state index < -0.39 is 134 Å². The van der Waals surface area contributed by atoms with Gasteiger partial charge in [0.15, 0.2) is 0 Å². The molecule has 7 fully saturated rings. The second-order valence-electron chi connectivity index (χ2n) is 22.2. The van der Waals surface area contributed by atoms with Gasteiger partial charge in [0.1, 0.15) is 54.9 Å². The molecule has 24 heteroatoms. The molecule has 2 saturated heterocycles. The summed E-state index contributed by atoms with van der Waals surface area (Å²) in [5, 5.41) is 144. The van der Waals surface area contributed by atoms with E-state index in [2.05, 4.69) is 42.5 Å². The number of nitrogens with one attached hydrogen (secondary N) is 8. The molecule has 25 atom stereocenters. The molecule has 7 aliphatic rings. The van der Waals surface area contributed by atoms with E-state index in [-0.39, 0.29) is 37.0 Å². The average molecular weight is 1050 g/mol. The first kappa shape index (κ1) is 59.7. The first-order chi connectivity index (χ1) is 35.2. The molecule has 2 aliphatic heterocycles. The van der Waals surface area contributed by atoms with Gasteiger partial charge in [-0.2, -0.15) is 0 Å². The molecular weight excluding hydrogens is 955 g/mol. The summed E-state index contributed by atoms with van der Waals surface area (Å²) >= 11 is 0. The molecule has 2 heterocycles. The molecule has 0 aromatic rings. The summed E-state index contributed by atoms with van der Waals surface area (Å²) in [7, 11) is 1.50. The maximum Gasteiger partial charge on any atom is 0.109 e. The van der Waals surface area contributed by atoms with Crippen molar-refractivity contribution >= 4 is 0 Å². The normalized spacial score (nSPS) is 47.4. The highest BCUT2D eigenvalue weighted by molar-refractivity contribution is 5.04. The summed E-state index contributed by atoms with van der Waals surface area (Å²) in [6.07, 6.45) is -20.6. The van der Waals surface area contributed by atoms with Gasteiger partial charge in [0.25, 0.3) is 0 Å². The van der Waals surface area contributed by atoms with Crippen LogP contribution in [0.1, 0.15) is 39.0 Å². The third-order valence-electron chi connectivity index (χ3n) is 17.0. The van der Waals surface area contributed by atoms with Crippen molar-refractivity contribution in [3.8, 4) is 0 Å². The molecule has 7 rings (SSSR count). The van der Waals surface area contributed by atoms with Crippen molar-refractivity contribution in [1.29, 1.82) is 0 Å². The van der Waals surface area contributed by atoms with Gasteiger partial charge in [-0.25, -0.2) is 0 Å². The number of hydrogen-bond acceptors (Lipinski definition) is 24. The Kier molecular flexibility index (Phi) is 24.0. The van der Waals surface area contributed by atoms with Crippen molar-refractivity contribution in [3.63, 3.8) is 0 Å². The maximum absolute atomic E-state index is 12.1. The number of methoxy groups -OCH3 is 1. The summed E-state index contributed by atoms with van der Waals surface area (Å²) in [4.78, 5) is 0. The SMILES string of the molecule is COC1[C@H]2CNCCNCCNC[C@H]3C[C@H](OC4[C@H]5CNCCNCCNC[C@H]6C[C@H](OC7[C@@H](CNCCNCCN)C[C@H](C)[C@H](O)[C@H]7O)[C@H](O)[C@@H](O)C6O[C@@H](C5)[C@H](O)[C@H]4O)[C@H](O)[C@@H](O)C3O[C@@H](C2)[C@H](O)[C@H]1O. The predicted molar refractivity (Wildman–Crippen MR) is 267 cm³/mol. The lowest BCUT2D eigenvalue weighted by atomic mass is 9.75. The highest BCUT2D eigenvalue weighted by Crippen LogP contribution is 2.41. The molecule has 24 nitrogen and oxygen atoms in total. The molecule has 5 saturated carbocycles. The monoisotopic (exact) mass is 1050 g/mol. The van der Waals surface area contributed by atoms with Crippen LogP contribution >= 0.6 is 0 Å². The smallest absolute Gasteiger partial charge is 0.109 e. The lowest BCUT2D eigenvalue weighted by molar-refractivity contribution is -0.270. The molecule has 4 bridgehead atoms. The zero-order valence-corrected chi connectivity index (χ0v) is 43.1. The van der Waals surface area contributed by atoms with Gasteiger partial charge < -0.3 is 123 Å². The maximum atomic E-state index is 12.1. The number of ether oxygens (including phenoxy) is 5. The first-order valence-electron chi connectivity index (χ1n) is 27.5. The van der Waals surface area contributed by atoms with E-state index in [1.54, 1.807) is 0 Å². The third-order valence-corrected chi connectivity index (χ3v) is 17.0. The summed E-state index contributed by atoms with van der Waals surface area (Å²) in [6.45, 7) is 11.6. The number of fused-ring (bicyclic) bond motifs is 6. The van der Waals surface area contributed by atoms with E-state index in [0.717, 1.165) is 0 Å². The van der Waals surface area contributed by atoms with Crippen molar-refractivity contribution in [2.45, 2.75) is 155 Å². The van der Waals surface area contributed by atoms with Crippen molar-refractivity contribution in [2.75, 3.05) is 118 Å². The van der Waals surface area contributed by atoms with E-state index in [4.69, 9.17) is 29.4 Å². The number of hydrogen-bond donors (Lipinski definition) is 19. The van der Waals surface area contributed by atoms with Crippen molar-refractivity contribution in [3.05, 3.63) is 0 Å². The van der Waals surface area contributed by atoms with Gasteiger partial charge in [0, 0.05) is 148 Å². The van der Waals surface area contributed by atoms with Crippen LogP contribution in [0.3, 0.4) is 0 Å². The molecule has 426 valence electrons. The number of aliphatic hydroxyl groups excluding tert-OH is 10. The van der Waals surface area contributed by atoms with Crippen LogP contribution in [-0.2, 0) is 23.7 Å². The standard InChI is InChI=1S/C49H95N9O15/c1-25-15-26(20-54-10-5-51-4-3-50)46(40(64)35(25)59)70-32-17-28-22-56-13-8-53-9-14-58-24-30-19-34(72-48(28)42(66)37(32)61)39(63)44(68)49(30)73-33-18-29-23-57-12-7-52-6-11-55-21-27-16-31(36(60)41(65)45(27)69-2)71-47(29)43(67)38(33)62/h25-49,51-68H,3-24,50H2,1-2H3/t25-,26+,27+,28+,29+,30+,31-,32-,33-,34-,35-,36-,37-,38-,39-,40+,41+,42+,43+,44+,45?,46?,47?,48?,49?/m0/s1. The van der Waals surface area contributed by atoms with E-state index >= 15 is 0 Å². The fourth-order valence-corrected chi connectivity index (χ4v) is 12.9. The van der Waals surface area contributed by atoms with Crippen LogP contribution in [0.25, 0.3) is 0 Å². The van der Waals surface area contributed by atoms with E-state index in [0.29, 0.717) is 124 Å². The Morgan fingerprint density at radius 2 is 0.877 bits per heavy atom. The lowest BCUT2D eigenvalue weighted by Gasteiger charge is -2.51. The molecule has 0 spiro atoms. The number of rotatable bonds is 12. The van der Waals surface area contributed by atoms with Crippen LogP contribution in [0.4, 0.5) is 0 Å². The quantitative estimate of drug-likeness (QED) is 0.0807. The van der Waals surface area contributed by atoms with Crippen LogP contribution < -0.4 is 48.3 Å². The highest BCUT2D eigenvalue weighted by atomic mass is 16.6. The van der Waals surface area contributed by atoms with Gasteiger partial charge in [-0.05, 0) is 38.0 Å². The second kappa shape index (κ2) is 29.3. The fraction of sp³-hybridized carbons (Fsp3) is 1.00. The topological polar surface area (TPSA) is 371 Å². The Morgan fingerprint density at radius 1 is 0.452 bits per heavy atom. The molecule has 0 amide bonds. The van der Waals surface area contributed by atoms with E-state index in [1.165, 1.54) is 7.11 Å². The molecule has 5 aliphatic carbocycles. The second-order valence-corrected chi connectivity index (χ2v) is 22.2. The van der Waals surface area contributed by atoms with Crippen LogP contribution in [0.15, 0.2) is 0 Å². The molecule has 73 heavy (non-hydrogen) atoms. The Hall–Kier alpha value is -0.960.